The van der Waals surface area contributed by atoms with E-state index in [9.17, 15) is 9.90 Å². The number of amides is 1. The fraction of sp³-hybridized carbons (Fsp3) is 0.0769. The van der Waals surface area contributed by atoms with Crippen LogP contribution in [-0.4, -0.2) is 16.0 Å². The Morgan fingerprint density at radius 1 is 1.17 bits per heavy atom. The van der Waals surface area contributed by atoms with E-state index >= 15 is 0 Å². The zero-order chi connectivity index (χ0) is 13.0. The summed E-state index contributed by atoms with van der Waals surface area (Å²) in [7, 11) is 0. The second-order valence-electron chi connectivity index (χ2n) is 3.77. The third kappa shape index (κ3) is 2.98. The van der Waals surface area contributed by atoms with Gasteiger partial charge in [-0.05, 0) is 30.3 Å². The highest BCUT2D eigenvalue weighted by atomic mass is 16.3. The lowest BCUT2D eigenvalue weighted by molar-refractivity contribution is -0.114. The standard InChI is InChI=1S/C13H13N3O2/c1-9(17)15-12-6-7-14-8-13(12)16-10-2-4-11(18)5-3-10/h2-8,16,18H,1H3,(H,14,15,17). The number of anilines is 3. The van der Waals surface area contributed by atoms with Gasteiger partial charge in [0.05, 0.1) is 17.6 Å². The molecule has 0 spiro atoms. The summed E-state index contributed by atoms with van der Waals surface area (Å²) in [5.74, 6) is 0.0591. The summed E-state index contributed by atoms with van der Waals surface area (Å²) in [6.07, 6.45) is 3.23. The molecule has 92 valence electrons. The van der Waals surface area contributed by atoms with E-state index in [1.165, 1.54) is 6.92 Å². The molecule has 3 N–H and O–H groups in total. The number of aromatic hydroxyl groups is 1. The highest BCUT2D eigenvalue weighted by molar-refractivity contribution is 5.93. The van der Waals surface area contributed by atoms with Gasteiger partial charge in [-0.25, -0.2) is 0 Å². The van der Waals surface area contributed by atoms with Crippen LogP contribution in [0, 0.1) is 0 Å². The average Bonchev–Trinajstić information content (AvgIpc) is 2.34. The quantitative estimate of drug-likeness (QED) is 0.724. The molecule has 2 rings (SSSR count). The van der Waals surface area contributed by atoms with Crippen LogP contribution < -0.4 is 10.6 Å². The third-order valence-corrected chi connectivity index (χ3v) is 2.28. The van der Waals surface area contributed by atoms with Crippen molar-refractivity contribution in [2.45, 2.75) is 6.92 Å². The van der Waals surface area contributed by atoms with Crippen LogP contribution in [0.2, 0.25) is 0 Å². The minimum absolute atomic E-state index is 0.144. The van der Waals surface area contributed by atoms with E-state index < -0.39 is 0 Å². The maximum atomic E-state index is 11.1. The summed E-state index contributed by atoms with van der Waals surface area (Å²) in [4.78, 5) is 15.1. The number of carbonyl (C=O) groups is 1. The highest BCUT2D eigenvalue weighted by Crippen LogP contribution is 2.25. The Bertz CT molecular complexity index is 552. The van der Waals surface area contributed by atoms with Gasteiger partial charge in [0.2, 0.25) is 5.91 Å². The number of pyridine rings is 1. The number of hydrogen-bond acceptors (Lipinski definition) is 4. The lowest BCUT2D eigenvalue weighted by atomic mass is 10.2. The van der Waals surface area contributed by atoms with Crippen LogP contribution in [0.25, 0.3) is 0 Å². The Hall–Kier alpha value is -2.56. The summed E-state index contributed by atoms with van der Waals surface area (Å²) in [6.45, 7) is 1.45. The van der Waals surface area contributed by atoms with Crippen LogP contribution in [0.1, 0.15) is 6.92 Å². The van der Waals surface area contributed by atoms with Crippen molar-refractivity contribution in [3.63, 3.8) is 0 Å². The summed E-state index contributed by atoms with van der Waals surface area (Å²) < 4.78 is 0. The maximum Gasteiger partial charge on any atom is 0.221 e. The fourth-order valence-electron chi connectivity index (χ4n) is 1.49. The van der Waals surface area contributed by atoms with Gasteiger partial charge >= 0.3 is 0 Å². The molecule has 1 aromatic carbocycles. The van der Waals surface area contributed by atoms with E-state index in [0.29, 0.717) is 11.4 Å². The Morgan fingerprint density at radius 3 is 2.56 bits per heavy atom. The molecule has 1 heterocycles. The molecular formula is C13H13N3O2. The minimum Gasteiger partial charge on any atom is -0.508 e. The van der Waals surface area contributed by atoms with Gasteiger partial charge < -0.3 is 15.7 Å². The molecule has 0 aliphatic carbocycles. The number of aromatic nitrogens is 1. The maximum absolute atomic E-state index is 11.1. The number of benzene rings is 1. The SMILES string of the molecule is CC(=O)Nc1ccncc1Nc1ccc(O)cc1. The molecule has 2 aromatic rings. The number of phenols is 1. The molecule has 0 saturated heterocycles. The van der Waals surface area contributed by atoms with E-state index in [4.69, 9.17) is 0 Å². The molecule has 5 heteroatoms. The predicted octanol–water partition coefficient (Wildman–Crippen LogP) is 2.49. The molecule has 5 nitrogen and oxygen atoms in total. The highest BCUT2D eigenvalue weighted by Gasteiger charge is 2.04. The molecule has 0 aliphatic heterocycles. The van der Waals surface area contributed by atoms with Crippen LogP contribution in [0.15, 0.2) is 42.7 Å². The largest absolute Gasteiger partial charge is 0.508 e. The topological polar surface area (TPSA) is 74.2 Å². The van der Waals surface area contributed by atoms with Crippen molar-refractivity contribution >= 4 is 23.0 Å². The number of nitrogens with zero attached hydrogens (tertiary/aromatic N) is 1. The Morgan fingerprint density at radius 2 is 1.89 bits per heavy atom. The molecule has 0 fully saturated rings. The molecule has 0 atom stereocenters. The van der Waals surface area contributed by atoms with E-state index in [1.54, 1.807) is 42.7 Å². The number of rotatable bonds is 3. The number of carbonyl (C=O) groups excluding carboxylic acids is 1. The lowest BCUT2D eigenvalue weighted by Crippen LogP contribution is -2.08. The zero-order valence-corrected chi connectivity index (χ0v) is 9.84. The number of hydrogen-bond donors (Lipinski definition) is 3. The molecule has 1 aromatic heterocycles. The Kier molecular flexibility index (Phi) is 3.43. The van der Waals surface area contributed by atoms with Crippen molar-refractivity contribution in [1.82, 2.24) is 4.98 Å². The monoisotopic (exact) mass is 243 g/mol. The first-order valence-corrected chi connectivity index (χ1v) is 5.43. The molecular weight excluding hydrogens is 230 g/mol. The van der Waals surface area contributed by atoms with Gasteiger partial charge in [-0.3, -0.25) is 9.78 Å². The number of phenolic OH excluding ortho intramolecular Hbond substituents is 1. The molecule has 18 heavy (non-hydrogen) atoms. The molecule has 0 aliphatic rings. The summed E-state index contributed by atoms with van der Waals surface area (Å²) in [6, 6.07) is 8.34. The first-order chi connectivity index (χ1) is 8.65. The van der Waals surface area contributed by atoms with Gasteiger partial charge in [0.25, 0.3) is 0 Å². The molecule has 0 unspecified atom stereocenters. The summed E-state index contributed by atoms with van der Waals surface area (Å²) in [5.41, 5.74) is 2.15. The van der Waals surface area contributed by atoms with Crippen molar-refractivity contribution in [2.24, 2.45) is 0 Å². The van der Waals surface area contributed by atoms with Crippen LogP contribution >= 0.6 is 0 Å². The molecule has 1 amide bonds. The van der Waals surface area contributed by atoms with E-state index in [2.05, 4.69) is 15.6 Å². The molecule has 0 saturated carbocycles. The van der Waals surface area contributed by atoms with Crippen molar-refractivity contribution in [1.29, 1.82) is 0 Å². The van der Waals surface area contributed by atoms with E-state index in [0.717, 1.165) is 5.69 Å². The van der Waals surface area contributed by atoms with E-state index in [1.807, 2.05) is 0 Å². The van der Waals surface area contributed by atoms with Crippen LogP contribution in [0.4, 0.5) is 17.1 Å². The second kappa shape index (κ2) is 5.18. The number of nitrogens with one attached hydrogen (secondary N) is 2. The van der Waals surface area contributed by atoms with E-state index in [-0.39, 0.29) is 11.7 Å². The summed E-state index contributed by atoms with van der Waals surface area (Å²) >= 11 is 0. The zero-order valence-electron chi connectivity index (χ0n) is 9.84. The second-order valence-corrected chi connectivity index (χ2v) is 3.77. The Balaban J connectivity index is 2.23. The normalized spacial score (nSPS) is 9.83. The van der Waals surface area contributed by atoms with Crippen LogP contribution in [0.3, 0.4) is 0 Å². The first-order valence-electron chi connectivity index (χ1n) is 5.43. The van der Waals surface area contributed by atoms with Gasteiger partial charge in [0.1, 0.15) is 5.75 Å². The minimum atomic E-state index is -0.144. The van der Waals surface area contributed by atoms with Gasteiger partial charge in [-0.2, -0.15) is 0 Å². The van der Waals surface area contributed by atoms with Crippen LogP contribution in [-0.2, 0) is 4.79 Å². The average molecular weight is 243 g/mol. The summed E-state index contributed by atoms with van der Waals surface area (Å²) in [5, 5.41) is 15.0. The molecule has 0 radical (unpaired) electrons. The van der Waals surface area contributed by atoms with Gasteiger partial charge in [0, 0.05) is 18.8 Å². The van der Waals surface area contributed by atoms with Gasteiger partial charge in [-0.15, -0.1) is 0 Å². The molecule has 0 bridgehead atoms. The van der Waals surface area contributed by atoms with Crippen molar-refractivity contribution in [2.75, 3.05) is 10.6 Å². The van der Waals surface area contributed by atoms with Crippen molar-refractivity contribution in [3.05, 3.63) is 42.7 Å². The fourth-order valence-corrected chi connectivity index (χ4v) is 1.49. The van der Waals surface area contributed by atoms with Crippen molar-refractivity contribution in [3.8, 4) is 5.75 Å². The first kappa shape index (κ1) is 11.9. The van der Waals surface area contributed by atoms with Gasteiger partial charge in [-0.1, -0.05) is 0 Å². The van der Waals surface area contributed by atoms with Crippen molar-refractivity contribution < 1.29 is 9.90 Å². The van der Waals surface area contributed by atoms with Crippen LogP contribution in [0.5, 0.6) is 5.75 Å². The lowest BCUT2D eigenvalue weighted by Gasteiger charge is -2.11. The smallest absolute Gasteiger partial charge is 0.221 e. The van der Waals surface area contributed by atoms with Gasteiger partial charge in [0.15, 0.2) is 0 Å². The third-order valence-electron chi connectivity index (χ3n) is 2.28. The Labute approximate surface area is 104 Å². The predicted molar refractivity (Wildman–Crippen MR) is 69.9 cm³/mol.